The van der Waals surface area contributed by atoms with Crippen LogP contribution < -0.4 is 5.73 Å². The molecule has 0 saturated heterocycles. The fourth-order valence-electron chi connectivity index (χ4n) is 3.38. The van der Waals surface area contributed by atoms with Crippen LogP contribution in [0.1, 0.15) is 29.5 Å². The Morgan fingerprint density at radius 1 is 0.931 bits per heavy atom. The maximum Gasteiger partial charge on any atom is 0.417 e. The SMILES string of the molecule is NCCCCc1c(-c2ccccc2Br)[nH]c2cc(C(F)(F)F)cc(C(F)(F)F)c12. The average Bonchev–Trinajstić information content (AvgIpc) is 2.98. The second kappa shape index (κ2) is 8.02. The van der Waals surface area contributed by atoms with Gasteiger partial charge in [-0.15, -0.1) is 0 Å². The van der Waals surface area contributed by atoms with Crippen LogP contribution >= 0.6 is 15.9 Å². The first kappa shape index (κ1) is 21.7. The number of nitrogens with two attached hydrogens (primary N) is 1. The van der Waals surface area contributed by atoms with E-state index in [0.29, 0.717) is 40.7 Å². The van der Waals surface area contributed by atoms with E-state index in [1.54, 1.807) is 24.3 Å². The highest BCUT2D eigenvalue weighted by Gasteiger charge is 2.39. The summed E-state index contributed by atoms with van der Waals surface area (Å²) in [5, 5.41) is -0.228. The van der Waals surface area contributed by atoms with Gasteiger partial charge < -0.3 is 10.7 Å². The van der Waals surface area contributed by atoms with Crippen LogP contribution in [0.5, 0.6) is 0 Å². The van der Waals surface area contributed by atoms with Crippen molar-refractivity contribution < 1.29 is 26.3 Å². The van der Waals surface area contributed by atoms with E-state index in [1.807, 2.05) is 0 Å². The molecule has 2 aromatic carbocycles. The number of hydrogen-bond donors (Lipinski definition) is 2. The Balaban J connectivity index is 2.36. The summed E-state index contributed by atoms with van der Waals surface area (Å²) in [5.74, 6) is 0. The van der Waals surface area contributed by atoms with Gasteiger partial charge in [0, 0.05) is 20.9 Å². The van der Waals surface area contributed by atoms with Crippen molar-refractivity contribution in [2.45, 2.75) is 31.6 Å². The Bertz CT molecular complexity index is 1020. The summed E-state index contributed by atoms with van der Waals surface area (Å²) in [7, 11) is 0. The zero-order valence-electron chi connectivity index (χ0n) is 15.0. The van der Waals surface area contributed by atoms with Crippen LogP contribution in [0.2, 0.25) is 0 Å². The smallest absolute Gasteiger partial charge is 0.354 e. The van der Waals surface area contributed by atoms with Crippen molar-refractivity contribution in [1.29, 1.82) is 0 Å². The van der Waals surface area contributed by atoms with E-state index in [1.165, 1.54) is 0 Å². The molecule has 2 nitrogen and oxygen atoms in total. The van der Waals surface area contributed by atoms with Crippen molar-refractivity contribution in [3.05, 3.63) is 57.6 Å². The molecule has 29 heavy (non-hydrogen) atoms. The number of aromatic amines is 1. The van der Waals surface area contributed by atoms with Crippen LogP contribution in [-0.4, -0.2) is 11.5 Å². The Hall–Kier alpha value is -2.00. The Kier molecular flexibility index (Phi) is 6.01. The summed E-state index contributed by atoms with van der Waals surface area (Å²) in [6, 6.07) is 7.79. The summed E-state index contributed by atoms with van der Waals surface area (Å²) in [5.41, 5.74) is 3.95. The number of hydrogen-bond acceptors (Lipinski definition) is 1. The lowest BCUT2D eigenvalue weighted by Gasteiger charge is -2.14. The molecule has 3 N–H and O–H groups in total. The number of rotatable bonds is 5. The van der Waals surface area contributed by atoms with Gasteiger partial charge >= 0.3 is 12.4 Å². The number of fused-ring (bicyclic) bond motifs is 1. The number of halogens is 7. The molecule has 1 aromatic heterocycles. The van der Waals surface area contributed by atoms with E-state index in [4.69, 9.17) is 5.73 Å². The molecule has 0 bridgehead atoms. The average molecular weight is 479 g/mol. The van der Waals surface area contributed by atoms with Gasteiger partial charge in [0.25, 0.3) is 0 Å². The van der Waals surface area contributed by atoms with Crippen LogP contribution in [-0.2, 0) is 18.8 Å². The lowest BCUT2D eigenvalue weighted by Crippen LogP contribution is -2.11. The van der Waals surface area contributed by atoms with Gasteiger partial charge in [0.05, 0.1) is 16.8 Å². The normalized spacial score (nSPS) is 12.7. The molecule has 3 rings (SSSR count). The Morgan fingerprint density at radius 3 is 2.21 bits per heavy atom. The van der Waals surface area contributed by atoms with E-state index < -0.39 is 23.5 Å². The second-order valence-electron chi connectivity index (χ2n) is 6.65. The van der Waals surface area contributed by atoms with Crippen molar-refractivity contribution in [1.82, 2.24) is 4.98 Å². The molecule has 0 aliphatic carbocycles. The standard InChI is InChI=1S/C20H17BrF6N2/c21-15-7-2-1-5-12(15)18-13(6-3-4-8-28)17-14(20(25,26)27)9-11(19(22,23)24)10-16(17)29-18/h1-2,5,7,9-10,29H,3-4,6,8,28H2. The number of benzene rings is 2. The molecule has 0 amide bonds. The fraction of sp³-hybridized carbons (Fsp3) is 0.300. The van der Waals surface area contributed by atoms with E-state index in [-0.39, 0.29) is 23.4 Å². The molecule has 3 aromatic rings. The third kappa shape index (κ3) is 4.45. The monoisotopic (exact) mass is 478 g/mol. The molecule has 0 spiro atoms. The molecule has 0 unspecified atom stereocenters. The summed E-state index contributed by atoms with van der Waals surface area (Å²) < 4.78 is 81.5. The van der Waals surface area contributed by atoms with Gasteiger partial charge in [-0.05, 0) is 49.6 Å². The van der Waals surface area contributed by atoms with Crippen LogP contribution in [0.4, 0.5) is 26.3 Å². The predicted molar refractivity (Wildman–Crippen MR) is 103 cm³/mol. The Morgan fingerprint density at radius 2 is 1.62 bits per heavy atom. The molecule has 1 heterocycles. The number of alkyl halides is 6. The molecule has 0 radical (unpaired) electrons. The third-order valence-electron chi connectivity index (χ3n) is 4.66. The topological polar surface area (TPSA) is 41.8 Å². The van der Waals surface area contributed by atoms with Crippen molar-refractivity contribution in [3.8, 4) is 11.3 Å². The van der Waals surface area contributed by atoms with Gasteiger partial charge in [0.15, 0.2) is 0 Å². The molecule has 0 aliphatic rings. The van der Waals surface area contributed by atoms with Crippen molar-refractivity contribution in [3.63, 3.8) is 0 Å². The molecule has 0 atom stereocenters. The maximum absolute atomic E-state index is 13.7. The highest BCUT2D eigenvalue weighted by molar-refractivity contribution is 9.10. The number of H-pyrrole nitrogens is 1. The van der Waals surface area contributed by atoms with Crippen molar-refractivity contribution in [2.24, 2.45) is 5.73 Å². The third-order valence-corrected chi connectivity index (χ3v) is 5.35. The van der Waals surface area contributed by atoms with Gasteiger partial charge in [-0.25, -0.2) is 0 Å². The van der Waals surface area contributed by atoms with E-state index >= 15 is 0 Å². The van der Waals surface area contributed by atoms with Crippen molar-refractivity contribution in [2.75, 3.05) is 6.54 Å². The first-order valence-electron chi connectivity index (χ1n) is 8.82. The van der Waals surface area contributed by atoms with Gasteiger partial charge in [-0.1, -0.05) is 34.1 Å². The van der Waals surface area contributed by atoms with Crippen LogP contribution in [0.25, 0.3) is 22.2 Å². The number of aromatic nitrogens is 1. The quantitative estimate of drug-likeness (QED) is 0.303. The minimum Gasteiger partial charge on any atom is -0.354 e. The minimum atomic E-state index is -4.94. The van der Waals surface area contributed by atoms with Crippen LogP contribution in [0.3, 0.4) is 0 Å². The van der Waals surface area contributed by atoms with E-state index in [9.17, 15) is 26.3 Å². The second-order valence-corrected chi connectivity index (χ2v) is 7.50. The van der Waals surface area contributed by atoms with E-state index in [0.717, 1.165) is 6.07 Å². The van der Waals surface area contributed by atoms with Crippen LogP contribution in [0, 0.1) is 0 Å². The van der Waals surface area contributed by atoms with Crippen molar-refractivity contribution >= 4 is 26.8 Å². The Labute approximate surface area is 171 Å². The summed E-state index contributed by atoms with van der Waals surface area (Å²) in [6.07, 6.45) is -8.48. The summed E-state index contributed by atoms with van der Waals surface area (Å²) in [4.78, 5) is 2.81. The summed E-state index contributed by atoms with van der Waals surface area (Å²) in [6.45, 7) is 0.372. The zero-order chi connectivity index (χ0) is 21.4. The molecule has 9 heteroatoms. The lowest BCUT2D eigenvalue weighted by atomic mass is 9.96. The first-order chi connectivity index (χ1) is 13.5. The summed E-state index contributed by atoms with van der Waals surface area (Å²) >= 11 is 3.37. The van der Waals surface area contributed by atoms with Gasteiger partial charge in [0.1, 0.15) is 0 Å². The number of nitrogens with one attached hydrogen (secondary N) is 1. The van der Waals surface area contributed by atoms with E-state index in [2.05, 4.69) is 20.9 Å². The highest BCUT2D eigenvalue weighted by Crippen LogP contribution is 2.44. The number of aryl methyl sites for hydroxylation is 1. The van der Waals surface area contributed by atoms with Gasteiger partial charge in [-0.2, -0.15) is 26.3 Å². The largest absolute Gasteiger partial charge is 0.417 e. The molecule has 0 saturated carbocycles. The molecule has 0 fully saturated rings. The molecular formula is C20H17BrF6N2. The van der Waals surface area contributed by atoms with Gasteiger partial charge in [0.2, 0.25) is 0 Å². The molecule has 156 valence electrons. The lowest BCUT2D eigenvalue weighted by molar-refractivity contribution is -0.142. The maximum atomic E-state index is 13.7. The minimum absolute atomic E-state index is 0.187. The highest BCUT2D eigenvalue weighted by atomic mass is 79.9. The number of unbranched alkanes of at least 4 members (excludes halogenated alkanes) is 1. The molecular weight excluding hydrogens is 462 g/mol. The fourth-order valence-corrected chi connectivity index (χ4v) is 3.86. The first-order valence-corrected chi connectivity index (χ1v) is 9.61. The van der Waals surface area contributed by atoms with Gasteiger partial charge in [-0.3, -0.25) is 0 Å². The predicted octanol–water partition coefficient (Wildman–Crippen LogP) is 6.92. The zero-order valence-corrected chi connectivity index (χ0v) is 16.6. The van der Waals surface area contributed by atoms with Crippen LogP contribution in [0.15, 0.2) is 40.9 Å². The molecule has 0 aliphatic heterocycles.